The standard InChI is InChI=1S/C7H13NOS/c1-6(2)7(4-9-3)8-5-10/h6-7H,4H2,1-3H3. The van der Waals surface area contributed by atoms with Crippen LogP contribution in [0.2, 0.25) is 0 Å². The van der Waals surface area contributed by atoms with Crippen molar-refractivity contribution in [1.29, 1.82) is 0 Å². The highest BCUT2D eigenvalue weighted by molar-refractivity contribution is 7.78. The Morgan fingerprint density at radius 2 is 2.20 bits per heavy atom. The molecule has 58 valence electrons. The smallest absolute Gasteiger partial charge is 0.0858 e. The van der Waals surface area contributed by atoms with E-state index in [1.807, 2.05) is 0 Å². The van der Waals surface area contributed by atoms with E-state index in [2.05, 4.69) is 36.2 Å². The van der Waals surface area contributed by atoms with Crippen molar-refractivity contribution in [2.45, 2.75) is 19.9 Å². The van der Waals surface area contributed by atoms with Crippen molar-refractivity contribution in [2.75, 3.05) is 13.7 Å². The molecule has 0 aliphatic rings. The zero-order valence-corrected chi connectivity index (χ0v) is 7.44. The third kappa shape index (κ3) is 3.72. The number of thiocarbonyl (C=S) groups is 1. The van der Waals surface area contributed by atoms with Crippen LogP contribution in [0.5, 0.6) is 0 Å². The molecule has 0 heterocycles. The van der Waals surface area contributed by atoms with Gasteiger partial charge in [-0.25, -0.2) is 4.99 Å². The lowest BCUT2D eigenvalue weighted by molar-refractivity contribution is 0.165. The van der Waals surface area contributed by atoms with Crippen LogP contribution in [0.1, 0.15) is 13.8 Å². The number of rotatable bonds is 4. The normalized spacial score (nSPS) is 12.8. The summed E-state index contributed by atoms with van der Waals surface area (Å²) < 4.78 is 4.94. The molecule has 0 radical (unpaired) electrons. The third-order valence-electron chi connectivity index (χ3n) is 1.33. The molecule has 0 rings (SSSR count). The van der Waals surface area contributed by atoms with Crippen LogP contribution in [0.15, 0.2) is 4.99 Å². The molecule has 1 atom stereocenters. The molecule has 0 amide bonds. The van der Waals surface area contributed by atoms with Crippen LogP contribution in [0.4, 0.5) is 0 Å². The van der Waals surface area contributed by atoms with Crippen molar-refractivity contribution in [3.63, 3.8) is 0 Å². The van der Waals surface area contributed by atoms with E-state index in [0.717, 1.165) is 0 Å². The second-order valence-corrected chi connectivity index (χ2v) is 2.67. The largest absolute Gasteiger partial charge is 0.382 e. The van der Waals surface area contributed by atoms with Crippen molar-refractivity contribution >= 4 is 17.4 Å². The first-order chi connectivity index (χ1) is 4.72. The Kier molecular flexibility index (Phi) is 5.40. The number of isothiocyanates is 1. The van der Waals surface area contributed by atoms with Crippen LogP contribution in [-0.2, 0) is 4.74 Å². The lowest BCUT2D eigenvalue weighted by Crippen LogP contribution is -2.18. The van der Waals surface area contributed by atoms with Crippen LogP contribution in [0.3, 0.4) is 0 Å². The van der Waals surface area contributed by atoms with E-state index in [1.165, 1.54) is 0 Å². The lowest BCUT2D eigenvalue weighted by Gasteiger charge is -2.12. The molecule has 0 aliphatic heterocycles. The fraction of sp³-hybridized carbons (Fsp3) is 0.857. The van der Waals surface area contributed by atoms with Crippen molar-refractivity contribution < 1.29 is 4.74 Å². The summed E-state index contributed by atoms with van der Waals surface area (Å²) >= 11 is 4.49. The number of ether oxygens (including phenoxy) is 1. The van der Waals surface area contributed by atoms with Crippen molar-refractivity contribution in [1.82, 2.24) is 0 Å². The Bertz CT molecular complexity index is 130. The van der Waals surface area contributed by atoms with Crippen molar-refractivity contribution in [2.24, 2.45) is 10.9 Å². The van der Waals surface area contributed by atoms with E-state index in [4.69, 9.17) is 4.74 Å². The van der Waals surface area contributed by atoms with Crippen LogP contribution < -0.4 is 0 Å². The molecular weight excluding hydrogens is 146 g/mol. The van der Waals surface area contributed by atoms with E-state index in [9.17, 15) is 0 Å². The van der Waals surface area contributed by atoms with Crippen LogP contribution >= 0.6 is 12.2 Å². The molecule has 0 aromatic rings. The number of methoxy groups -OCH3 is 1. The fourth-order valence-electron chi connectivity index (χ4n) is 0.617. The Balaban J connectivity index is 3.84. The quantitative estimate of drug-likeness (QED) is 0.460. The zero-order valence-electron chi connectivity index (χ0n) is 6.63. The predicted molar refractivity (Wildman–Crippen MR) is 45.5 cm³/mol. The molecule has 0 saturated heterocycles. The number of aliphatic imine (C=N–C) groups is 1. The molecule has 0 aliphatic carbocycles. The van der Waals surface area contributed by atoms with Gasteiger partial charge in [-0.2, -0.15) is 0 Å². The lowest BCUT2D eigenvalue weighted by atomic mass is 10.1. The first-order valence-electron chi connectivity index (χ1n) is 3.28. The van der Waals surface area contributed by atoms with Gasteiger partial charge in [-0.15, -0.1) is 0 Å². The van der Waals surface area contributed by atoms with Gasteiger partial charge >= 0.3 is 0 Å². The number of hydrogen-bond donors (Lipinski definition) is 0. The summed E-state index contributed by atoms with van der Waals surface area (Å²) in [5, 5.41) is 2.36. The molecular formula is C7H13NOS. The van der Waals surface area contributed by atoms with Crippen molar-refractivity contribution in [3.8, 4) is 0 Å². The number of hydrogen-bond acceptors (Lipinski definition) is 3. The van der Waals surface area contributed by atoms with Gasteiger partial charge in [0.2, 0.25) is 0 Å². The van der Waals surface area contributed by atoms with E-state index in [1.54, 1.807) is 7.11 Å². The van der Waals surface area contributed by atoms with Gasteiger partial charge in [-0.3, -0.25) is 0 Å². The van der Waals surface area contributed by atoms with Crippen molar-refractivity contribution in [3.05, 3.63) is 0 Å². The molecule has 0 aromatic carbocycles. The number of nitrogens with zero attached hydrogens (tertiary/aromatic N) is 1. The molecule has 3 heteroatoms. The summed E-state index contributed by atoms with van der Waals surface area (Å²) in [6.07, 6.45) is 0. The monoisotopic (exact) mass is 159 g/mol. The van der Waals surface area contributed by atoms with Gasteiger partial charge < -0.3 is 4.74 Å². The Morgan fingerprint density at radius 1 is 1.60 bits per heavy atom. The summed E-state index contributed by atoms with van der Waals surface area (Å²) in [6, 6.07) is 0.169. The average Bonchev–Trinajstić information content (AvgIpc) is 1.87. The first-order valence-corrected chi connectivity index (χ1v) is 3.69. The average molecular weight is 159 g/mol. The predicted octanol–water partition coefficient (Wildman–Crippen LogP) is 1.76. The van der Waals surface area contributed by atoms with Gasteiger partial charge in [-0.05, 0) is 18.1 Å². The van der Waals surface area contributed by atoms with E-state index in [-0.39, 0.29) is 6.04 Å². The molecule has 0 N–H and O–H groups in total. The maximum Gasteiger partial charge on any atom is 0.0858 e. The van der Waals surface area contributed by atoms with Crippen LogP contribution in [0.25, 0.3) is 0 Å². The van der Waals surface area contributed by atoms with Crippen LogP contribution in [0, 0.1) is 5.92 Å². The first kappa shape index (κ1) is 9.76. The van der Waals surface area contributed by atoms with Gasteiger partial charge in [0.1, 0.15) is 0 Å². The van der Waals surface area contributed by atoms with Gasteiger partial charge in [0.05, 0.1) is 17.8 Å². The summed E-state index contributed by atoms with van der Waals surface area (Å²) in [7, 11) is 1.66. The van der Waals surface area contributed by atoms with Gasteiger partial charge in [0, 0.05) is 7.11 Å². The highest BCUT2D eigenvalue weighted by atomic mass is 32.1. The Morgan fingerprint density at radius 3 is 2.50 bits per heavy atom. The van der Waals surface area contributed by atoms with Crippen LogP contribution in [-0.4, -0.2) is 24.9 Å². The van der Waals surface area contributed by atoms with Gasteiger partial charge in [-0.1, -0.05) is 13.8 Å². The molecule has 0 fully saturated rings. The Labute approximate surface area is 67.3 Å². The summed E-state index contributed by atoms with van der Waals surface area (Å²) in [4.78, 5) is 3.95. The van der Waals surface area contributed by atoms with E-state index in [0.29, 0.717) is 12.5 Å². The minimum atomic E-state index is 0.169. The fourth-order valence-corrected chi connectivity index (χ4v) is 0.753. The molecule has 0 saturated carbocycles. The third-order valence-corrected chi connectivity index (χ3v) is 1.43. The molecule has 0 bridgehead atoms. The second kappa shape index (κ2) is 5.54. The SMILES string of the molecule is COCC(N=C=S)C(C)C. The summed E-state index contributed by atoms with van der Waals surface area (Å²) in [5.41, 5.74) is 0. The summed E-state index contributed by atoms with van der Waals surface area (Å²) in [5.74, 6) is 0.468. The minimum absolute atomic E-state index is 0.169. The summed E-state index contributed by atoms with van der Waals surface area (Å²) in [6.45, 7) is 4.79. The molecule has 10 heavy (non-hydrogen) atoms. The molecule has 0 aromatic heterocycles. The molecule has 0 spiro atoms. The maximum absolute atomic E-state index is 4.94. The Hall–Kier alpha value is -0.240. The second-order valence-electron chi connectivity index (χ2n) is 2.49. The minimum Gasteiger partial charge on any atom is -0.382 e. The van der Waals surface area contributed by atoms with Gasteiger partial charge in [0.25, 0.3) is 0 Å². The highest BCUT2D eigenvalue weighted by Gasteiger charge is 2.09. The molecule has 2 nitrogen and oxygen atoms in total. The van der Waals surface area contributed by atoms with Gasteiger partial charge in [0.15, 0.2) is 0 Å². The van der Waals surface area contributed by atoms with E-state index < -0.39 is 0 Å². The highest BCUT2D eigenvalue weighted by Crippen LogP contribution is 2.05. The maximum atomic E-state index is 4.94. The molecule has 1 unspecified atom stereocenters. The van der Waals surface area contributed by atoms with E-state index >= 15 is 0 Å². The zero-order chi connectivity index (χ0) is 7.98. The topological polar surface area (TPSA) is 21.6 Å².